The molecule has 0 unspecified atom stereocenters. The normalized spacial score (nSPS) is 10.9. The summed E-state index contributed by atoms with van der Waals surface area (Å²) in [6, 6.07) is 13.6. The molecule has 0 saturated heterocycles. The Kier molecular flexibility index (Phi) is 5.80. The molecule has 1 aromatic heterocycles. The lowest BCUT2D eigenvalue weighted by Crippen LogP contribution is -2.21. The number of nitrogens with zero attached hydrogens (tertiary/aromatic N) is 1. The van der Waals surface area contributed by atoms with Crippen LogP contribution >= 0.6 is 11.6 Å². The molecule has 0 aliphatic rings. The lowest BCUT2D eigenvalue weighted by Gasteiger charge is -2.19. The van der Waals surface area contributed by atoms with E-state index in [0.717, 1.165) is 45.3 Å². The third-order valence-corrected chi connectivity index (χ3v) is 5.50. The van der Waals surface area contributed by atoms with Gasteiger partial charge in [-0.05, 0) is 50.6 Å². The second kappa shape index (κ2) is 8.55. The van der Waals surface area contributed by atoms with E-state index in [9.17, 15) is 13.6 Å². The number of hydrogen-bond donors (Lipinski definition) is 2. The van der Waals surface area contributed by atoms with E-state index in [2.05, 4.69) is 10.6 Å². The number of carbonyl (C=O) groups excluding carboxylic acids is 1. The average Bonchev–Trinajstić information content (AvgIpc) is 2.72. The summed E-state index contributed by atoms with van der Waals surface area (Å²) in [5.74, 6) is -1.60. The van der Waals surface area contributed by atoms with Crippen molar-refractivity contribution in [1.29, 1.82) is 0 Å². The monoisotopic (exact) mass is 451 g/mol. The van der Waals surface area contributed by atoms with E-state index < -0.39 is 17.7 Å². The Bertz CT molecular complexity index is 1370. The fraction of sp³-hybridized carbons (Fsp3) is 0.120. The Balaban J connectivity index is 1.87. The highest BCUT2D eigenvalue weighted by Gasteiger charge is 2.20. The second-order valence-corrected chi connectivity index (χ2v) is 8.02. The molecule has 3 aromatic carbocycles. The van der Waals surface area contributed by atoms with Gasteiger partial charge in [0.1, 0.15) is 11.6 Å². The van der Waals surface area contributed by atoms with Crippen LogP contribution in [0.1, 0.15) is 16.8 Å². The van der Waals surface area contributed by atoms with Crippen LogP contribution in [0.4, 0.5) is 25.0 Å². The standard InChI is InChI=1S/C25H20ClF2N3O/c1-13-10-14(2)23-18(11-13)22(17-6-4-5-7-19(17)26)24(15(3)29-23)31-25(32)30-21-9-8-16(27)12-20(21)28/h4-12H,1-3H3,(H2,30,31,32). The third kappa shape index (κ3) is 4.14. The van der Waals surface area contributed by atoms with Gasteiger partial charge in [0.05, 0.1) is 22.6 Å². The van der Waals surface area contributed by atoms with Crippen molar-refractivity contribution in [2.75, 3.05) is 10.6 Å². The van der Waals surface area contributed by atoms with Crippen LogP contribution in [0, 0.1) is 32.4 Å². The van der Waals surface area contributed by atoms with Gasteiger partial charge in [-0.2, -0.15) is 0 Å². The predicted molar refractivity (Wildman–Crippen MR) is 125 cm³/mol. The number of aryl methyl sites for hydroxylation is 3. The van der Waals surface area contributed by atoms with Crippen LogP contribution in [0.3, 0.4) is 0 Å². The summed E-state index contributed by atoms with van der Waals surface area (Å²) in [6.07, 6.45) is 0. The maximum Gasteiger partial charge on any atom is 0.323 e. The molecule has 4 nitrogen and oxygen atoms in total. The summed E-state index contributed by atoms with van der Waals surface area (Å²) in [7, 11) is 0. The van der Waals surface area contributed by atoms with Gasteiger partial charge in [-0.1, -0.05) is 41.4 Å². The first-order chi connectivity index (χ1) is 15.2. The molecular weight excluding hydrogens is 432 g/mol. The molecule has 2 amide bonds. The van der Waals surface area contributed by atoms with E-state index in [0.29, 0.717) is 22.5 Å². The number of urea groups is 1. The zero-order valence-electron chi connectivity index (χ0n) is 17.7. The molecule has 0 bridgehead atoms. The lowest BCUT2D eigenvalue weighted by atomic mass is 9.95. The number of pyridine rings is 1. The van der Waals surface area contributed by atoms with Crippen molar-refractivity contribution >= 4 is 39.9 Å². The first kappa shape index (κ1) is 21.7. The molecule has 0 saturated carbocycles. The van der Waals surface area contributed by atoms with Gasteiger partial charge in [-0.15, -0.1) is 0 Å². The number of carbonyl (C=O) groups is 1. The number of rotatable bonds is 3. The van der Waals surface area contributed by atoms with E-state index in [-0.39, 0.29) is 5.69 Å². The first-order valence-electron chi connectivity index (χ1n) is 9.94. The number of hydrogen-bond acceptors (Lipinski definition) is 2. The lowest BCUT2D eigenvalue weighted by molar-refractivity contribution is 0.262. The molecular formula is C25H20ClF2N3O. The molecule has 0 fully saturated rings. The van der Waals surface area contributed by atoms with E-state index in [1.807, 2.05) is 44.2 Å². The molecule has 1 heterocycles. The number of anilines is 2. The van der Waals surface area contributed by atoms with Crippen LogP contribution in [-0.4, -0.2) is 11.0 Å². The number of nitrogens with one attached hydrogen (secondary N) is 2. The molecule has 0 atom stereocenters. The van der Waals surface area contributed by atoms with Crippen LogP contribution in [0.2, 0.25) is 5.02 Å². The second-order valence-electron chi connectivity index (χ2n) is 7.61. The third-order valence-electron chi connectivity index (χ3n) is 5.17. The highest BCUT2D eigenvalue weighted by atomic mass is 35.5. The van der Waals surface area contributed by atoms with Gasteiger partial charge in [-0.25, -0.2) is 13.6 Å². The van der Waals surface area contributed by atoms with Crippen molar-refractivity contribution in [3.8, 4) is 11.1 Å². The zero-order chi connectivity index (χ0) is 23.0. The Hall–Kier alpha value is -3.51. The van der Waals surface area contributed by atoms with Gasteiger partial charge in [0.25, 0.3) is 0 Å². The van der Waals surface area contributed by atoms with Crippen molar-refractivity contribution < 1.29 is 13.6 Å². The summed E-state index contributed by atoms with van der Waals surface area (Å²) < 4.78 is 27.2. The van der Waals surface area contributed by atoms with Crippen molar-refractivity contribution in [3.05, 3.63) is 88.1 Å². The molecule has 162 valence electrons. The topological polar surface area (TPSA) is 54.0 Å². The van der Waals surface area contributed by atoms with E-state index in [1.165, 1.54) is 0 Å². The molecule has 32 heavy (non-hydrogen) atoms. The van der Waals surface area contributed by atoms with Gasteiger partial charge in [0, 0.05) is 27.6 Å². The highest BCUT2D eigenvalue weighted by Crippen LogP contribution is 2.41. The van der Waals surface area contributed by atoms with Crippen LogP contribution in [-0.2, 0) is 0 Å². The van der Waals surface area contributed by atoms with Gasteiger partial charge in [0.15, 0.2) is 0 Å². The van der Waals surface area contributed by atoms with Gasteiger partial charge < -0.3 is 10.6 Å². The number of fused-ring (bicyclic) bond motifs is 1. The van der Waals surface area contributed by atoms with Gasteiger partial charge in [-0.3, -0.25) is 4.98 Å². The minimum atomic E-state index is -0.869. The maximum atomic E-state index is 14.0. The molecule has 0 aliphatic carbocycles. The number of aromatic nitrogens is 1. The fourth-order valence-electron chi connectivity index (χ4n) is 3.79. The van der Waals surface area contributed by atoms with Crippen LogP contribution < -0.4 is 10.6 Å². The summed E-state index contributed by atoms with van der Waals surface area (Å²) in [6.45, 7) is 5.75. The van der Waals surface area contributed by atoms with Crippen LogP contribution in [0.5, 0.6) is 0 Å². The number of benzene rings is 3. The summed E-state index contributed by atoms with van der Waals surface area (Å²) in [4.78, 5) is 17.5. The predicted octanol–water partition coefficient (Wildman–Crippen LogP) is 7.40. The number of halogens is 3. The van der Waals surface area contributed by atoms with Crippen LogP contribution in [0.25, 0.3) is 22.0 Å². The van der Waals surface area contributed by atoms with Crippen molar-refractivity contribution in [1.82, 2.24) is 4.98 Å². The number of amides is 2. The highest BCUT2D eigenvalue weighted by molar-refractivity contribution is 6.34. The fourth-order valence-corrected chi connectivity index (χ4v) is 4.02. The van der Waals surface area contributed by atoms with Crippen LogP contribution in [0.15, 0.2) is 54.6 Å². The SMILES string of the molecule is Cc1cc(C)c2nc(C)c(NC(=O)Nc3ccc(F)cc3F)c(-c3ccccc3Cl)c2c1. The molecule has 7 heteroatoms. The molecule has 0 spiro atoms. The quantitative estimate of drug-likeness (QED) is 0.341. The zero-order valence-corrected chi connectivity index (χ0v) is 18.4. The van der Waals surface area contributed by atoms with E-state index >= 15 is 0 Å². The van der Waals surface area contributed by atoms with Crippen molar-refractivity contribution in [3.63, 3.8) is 0 Å². The Morgan fingerprint density at radius 3 is 2.44 bits per heavy atom. The minimum absolute atomic E-state index is 0.138. The van der Waals surface area contributed by atoms with E-state index in [4.69, 9.17) is 16.6 Å². The largest absolute Gasteiger partial charge is 0.323 e. The van der Waals surface area contributed by atoms with Crippen molar-refractivity contribution in [2.24, 2.45) is 0 Å². The molecule has 0 aliphatic heterocycles. The first-order valence-corrected chi connectivity index (χ1v) is 10.3. The average molecular weight is 452 g/mol. The molecule has 4 rings (SSSR count). The molecule has 2 N–H and O–H groups in total. The maximum absolute atomic E-state index is 14.0. The van der Waals surface area contributed by atoms with Gasteiger partial charge >= 0.3 is 6.03 Å². The Labute approximate surface area is 189 Å². The van der Waals surface area contributed by atoms with E-state index in [1.54, 1.807) is 13.0 Å². The molecule has 4 aromatic rings. The van der Waals surface area contributed by atoms with Gasteiger partial charge in [0.2, 0.25) is 0 Å². The summed E-state index contributed by atoms with van der Waals surface area (Å²) in [5.41, 5.74) is 5.20. The smallest absolute Gasteiger partial charge is 0.305 e. The summed E-state index contributed by atoms with van der Waals surface area (Å²) >= 11 is 6.53. The Morgan fingerprint density at radius 2 is 1.72 bits per heavy atom. The minimum Gasteiger partial charge on any atom is -0.305 e. The van der Waals surface area contributed by atoms with Crippen molar-refractivity contribution in [2.45, 2.75) is 20.8 Å². The summed E-state index contributed by atoms with van der Waals surface area (Å²) in [5, 5.41) is 6.58. The Morgan fingerprint density at radius 1 is 0.969 bits per heavy atom. The molecule has 0 radical (unpaired) electrons.